The molecule has 6 heteroatoms. The number of sulfone groups is 1. The molecule has 0 aromatic heterocycles. The van der Waals surface area contributed by atoms with Crippen LogP contribution in [-0.4, -0.2) is 50.0 Å². The fourth-order valence-corrected chi connectivity index (χ4v) is 3.41. The van der Waals surface area contributed by atoms with E-state index in [2.05, 4.69) is 11.0 Å². The second kappa shape index (κ2) is 6.50. The molecule has 0 saturated carbocycles. The highest BCUT2D eigenvalue weighted by atomic mass is 32.2. The zero-order valence-electron chi connectivity index (χ0n) is 11.1. The van der Waals surface area contributed by atoms with Gasteiger partial charge in [-0.15, -0.1) is 0 Å². The lowest BCUT2D eigenvalue weighted by molar-refractivity contribution is 0.285. The van der Waals surface area contributed by atoms with Gasteiger partial charge in [-0.25, -0.2) is 8.42 Å². The van der Waals surface area contributed by atoms with Gasteiger partial charge in [-0.2, -0.15) is 5.26 Å². The molecule has 104 valence electrons. The molecule has 0 aromatic carbocycles. The van der Waals surface area contributed by atoms with Gasteiger partial charge in [0.2, 0.25) is 0 Å². The van der Waals surface area contributed by atoms with E-state index in [0.29, 0.717) is 18.7 Å². The molecule has 1 heterocycles. The van der Waals surface area contributed by atoms with Crippen molar-refractivity contribution >= 4 is 9.84 Å². The second-order valence-corrected chi connectivity index (χ2v) is 7.64. The largest absolute Gasteiger partial charge is 0.314 e. The molecule has 1 unspecified atom stereocenters. The number of unbranched alkanes of at least 4 members (excludes halogenated alkanes) is 1. The summed E-state index contributed by atoms with van der Waals surface area (Å²) in [5, 5.41) is 8.78. The minimum atomic E-state index is -2.81. The topological polar surface area (TPSA) is 87.2 Å². The summed E-state index contributed by atoms with van der Waals surface area (Å²) in [6, 6.07) is 2.09. The SMILES string of the molecule is CC(N)(C#N)CCCCN1CCCS(=O)(=O)CC1. The monoisotopic (exact) mass is 273 g/mol. The van der Waals surface area contributed by atoms with Gasteiger partial charge in [0.05, 0.1) is 17.6 Å². The second-order valence-electron chi connectivity index (χ2n) is 5.33. The first-order chi connectivity index (χ1) is 8.35. The molecule has 0 bridgehead atoms. The van der Waals surface area contributed by atoms with Gasteiger partial charge in [0, 0.05) is 6.54 Å². The van der Waals surface area contributed by atoms with Crippen molar-refractivity contribution in [2.75, 3.05) is 31.1 Å². The van der Waals surface area contributed by atoms with E-state index in [0.717, 1.165) is 32.4 Å². The van der Waals surface area contributed by atoms with Gasteiger partial charge in [-0.05, 0) is 45.7 Å². The Morgan fingerprint density at radius 1 is 1.33 bits per heavy atom. The van der Waals surface area contributed by atoms with Gasteiger partial charge in [0.15, 0.2) is 9.84 Å². The summed E-state index contributed by atoms with van der Waals surface area (Å²) in [5.41, 5.74) is 5.01. The molecule has 0 aliphatic carbocycles. The molecule has 1 fully saturated rings. The summed E-state index contributed by atoms with van der Waals surface area (Å²) in [6.45, 7) is 4.14. The van der Waals surface area contributed by atoms with Gasteiger partial charge in [-0.1, -0.05) is 0 Å². The molecule has 1 aliphatic heterocycles. The van der Waals surface area contributed by atoms with Crippen LogP contribution in [-0.2, 0) is 9.84 Å². The highest BCUT2D eigenvalue weighted by Gasteiger charge is 2.19. The lowest BCUT2D eigenvalue weighted by Gasteiger charge is -2.20. The van der Waals surface area contributed by atoms with Crippen molar-refractivity contribution in [3.8, 4) is 6.07 Å². The molecule has 1 atom stereocenters. The molecule has 1 rings (SSSR count). The van der Waals surface area contributed by atoms with E-state index in [1.54, 1.807) is 6.92 Å². The van der Waals surface area contributed by atoms with Gasteiger partial charge >= 0.3 is 0 Å². The van der Waals surface area contributed by atoms with Crippen molar-refractivity contribution in [3.63, 3.8) is 0 Å². The van der Waals surface area contributed by atoms with E-state index in [9.17, 15) is 8.42 Å². The zero-order chi connectivity index (χ0) is 13.6. The number of hydrogen-bond donors (Lipinski definition) is 1. The smallest absolute Gasteiger partial charge is 0.151 e. The Labute approximate surface area is 110 Å². The van der Waals surface area contributed by atoms with Crippen molar-refractivity contribution in [1.29, 1.82) is 5.26 Å². The van der Waals surface area contributed by atoms with E-state index < -0.39 is 15.4 Å². The van der Waals surface area contributed by atoms with Crippen LogP contribution < -0.4 is 5.73 Å². The fourth-order valence-electron chi connectivity index (χ4n) is 2.10. The van der Waals surface area contributed by atoms with Crippen molar-refractivity contribution in [3.05, 3.63) is 0 Å². The quantitative estimate of drug-likeness (QED) is 0.738. The minimum Gasteiger partial charge on any atom is -0.314 e. The van der Waals surface area contributed by atoms with Crippen LogP contribution >= 0.6 is 0 Å². The maximum Gasteiger partial charge on any atom is 0.151 e. The molecular formula is C12H23N3O2S. The van der Waals surface area contributed by atoms with Crippen LogP contribution in [0.3, 0.4) is 0 Å². The number of nitrogens with zero attached hydrogens (tertiary/aromatic N) is 2. The first-order valence-corrected chi connectivity index (χ1v) is 8.30. The van der Waals surface area contributed by atoms with Crippen LogP contribution in [0.2, 0.25) is 0 Å². The Morgan fingerprint density at radius 3 is 2.72 bits per heavy atom. The third-order valence-electron chi connectivity index (χ3n) is 3.32. The summed E-state index contributed by atoms with van der Waals surface area (Å²) in [4.78, 5) is 2.20. The van der Waals surface area contributed by atoms with Crippen LogP contribution in [0.25, 0.3) is 0 Å². The third-order valence-corrected chi connectivity index (χ3v) is 5.04. The van der Waals surface area contributed by atoms with E-state index in [1.165, 1.54) is 0 Å². The predicted octanol–water partition coefficient (Wildman–Crippen LogP) is 0.518. The standard InChI is InChI=1S/C12H23N3O2S/c1-12(14,11-13)5-2-3-6-15-7-4-9-18(16,17)10-8-15/h2-10,14H2,1H3. The minimum absolute atomic E-state index is 0.278. The predicted molar refractivity (Wildman–Crippen MR) is 71.8 cm³/mol. The highest BCUT2D eigenvalue weighted by molar-refractivity contribution is 7.91. The Morgan fingerprint density at radius 2 is 2.06 bits per heavy atom. The third kappa shape index (κ3) is 5.80. The highest BCUT2D eigenvalue weighted by Crippen LogP contribution is 2.11. The molecule has 5 nitrogen and oxygen atoms in total. The molecule has 0 radical (unpaired) electrons. The average Bonchev–Trinajstić information content (AvgIpc) is 2.46. The molecule has 0 amide bonds. The lowest BCUT2D eigenvalue weighted by atomic mass is 9.98. The fraction of sp³-hybridized carbons (Fsp3) is 0.917. The number of nitrogens with two attached hydrogens (primary N) is 1. The normalized spacial score (nSPS) is 23.8. The first kappa shape index (κ1) is 15.4. The maximum atomic E-state index is 11.4. The van der Waals surface area contributed by atoms with Gasteiger partial charge in [0.1, 0.15) is 5.54 Å². The molecule has 1 aliphatic rings. The van der Waals surface area contributed by atoms with Crippen LogP contribution in [0.5, 0.6) is 0 Å². The van der Waals surface area contributed by atoms with E-state index in [4.69, 9.17) is 11.0 Å². The molecular weight excluding hydrogens is 250 g/mol. The van der Waals surface area contributed by atoms with Gasteiger partial charge < -0.3 is 10.6 Å². The first-order valence-electron chi connectivity index (χ1n) is 6.48. The zero-order valence-corrected chi connectivity index (χ0v) is 11.9. The van der Waals surface area contributed by atoms with Crippen molar-refractivity contribution < 1.29 is 8.42 Å². The number of hydrogen-bond acceptors (Lipinski definition) is 5. The molecule has 1 saturated heterocycles. The van der Waals surface area contributed by atoms with Crippen molar-refractivity contribution in [1.82, 2.24) is 4.90 Å². The van der Waals surface area contributed by atoms with E-state index in [1.807, 2.05) is 0 Å². The summed E-state index contributed by atoms with van der Waals surface area (Å²) < 4.78 is 22.9. The average molecular weight is 273 g/mol. The lowest BCUT2D eigenvalue weighted by Crippen LogP contribution is -2.34. The molecule has 0 spiro atoms. The molecule has 18 heavy (non-hydrogen) atoms. The Balaban J connectivity index is 2.23. The Bertz CT molecular complexity index is 398. The summed E-state index contributed by atoms with van der Waals surface area (Å²) in [7, 11) is -2.81. The van der Waals surface area contributed by atoms with Crippen molar-refractivity contribution in [2.45, 2.75) is 38.1 Å². The Kier molecular flexibility index (Phi) is 5.57. The molecule has 2 N–H and O–H groups in total. The van der Waals surface area contributed by atoms with Crippen LogP contribution in [0, 0.1) is 11.3 Å². The van der Waals surface area contributed by atoms with Gasteiger partial charge in [-0.3, -0.25) is 0 Å². The van der Waals surface area contributed by atoms with Crippen LogP contribution in [0.1, 0.15) is 32.6 Å². The van der Waals surface area contributed by atoms with Crippen LogP contribution in [0.4, 0.5) is 0 Å². The number of rotatable bonds is 5. The maximum absolute atomic E-state index is 11.4. The summed E-state index contributed by atoms with van der Waals surface area (Å²) in [5.74, 6) is 0.596. The van der Waals surface area contributed by atoms with Crippen molar-refractivity contribution in [2.24, 2.45) is 5.73 Å². The van der Waals surface area contributed by atoms with E-state index >= 15 is 0 Å². The van der Waals surface area contributed by atoms with Gasteiger partial charge in [0.25, 0.3) is 0 Å². The summed E-state index contributed by atoms with van der Waals surface area (Å²) >= 11 is 0. The molecule has 0 aromatic rings. The van der Waals surface area contributed by atoms with E-state index in [-0.39, 0.29) is 5.75 Å². The number of nitriles is 1. The van der Waals surface area contributed by atoms with Crippen LogP contribution in [0.15, 0.2) is 0 Å². The summed E-state index contributed by atoms with van der Waals surface area (Å²) in [6.07, 6.45) is 3.29. The Hall–Kier alpha value is -0.640.